The number of amides is 1. The molecule has 0 saturated heterocycles. The van der Waals surface area contributed by atoms with E-state index in [4.69, 9.17) is 5.73 Å². The molecule has 0 aliphatic rings. The third-order valence-corrected chi connectivity index (χ3v) is 4.90. The number of nitrogens with zero attached hydrogens (tertiary/aromatic N) is 2. The van der Waals surface area contributed by atoms with Crippen molar-refractivity contribution in [3.05, 3.63) is 65.1 Å². The van der Waals surface area contributed by atoms with Crippen molar-refractivity contribution in [2.75, 3.05) is 0 Å². The van der Waals surface area contributed by atoms with Crippen molar-refractivity contribution in [1.82, 2.24) is 14.9 Å². The minimum Gasteiger partial charge on any atom is -0.368 e. The number of rotatable bonds is 7. The molecule has 1 atom stereocenters. The number of hydrogen-bond acceptors (Lipinski definition) is 3. The molecule has 5 nitrogen and oxygen atoms in total. The van der Waals surface area contributed by atoms with Crippen LogP contribution in [0.15, 0.2) is 42.6 Å². The van der Waals surface area contributed by atoms with Crippen molar-refractivity contribution in [3.8, 4) is 0 Å². The van der Waals surface area contributed by atoms with Crippen molar-refractivity contribution >= 4 is 16.8 Å². The highest BCUT2D eigenvalue weighted by atomic mass is 16.1. The topological polar surface area (TPSA) is 72.9 Å². The predicted octanol–water partition coefficient (Wildman–Crippen LogP) is 3.38. The van der Waals surface area contributed by atoms with E-state index < -0.39 is 0 Å². The SMILES string of the molecule is CCC(NCc1c(C)n(CC(N)=O)c2ccccc12)c1cc(C)ccn1. The maximum absolute atomic E-state index is 11.5. The molecule has 0 saturated carbocycles. The second-order valence-corrected chi connectivity index (χ2v) is 6.73. The molecule has 5 heteroatoms. The van der Waals surface area contributed by atoms with Gasteiger partial charge in [0.05, 0.1) is 5.69 Å². The highest BCUT2D eigenvalue weighted by molar-refractivity contribution is 5.87. The summed E-state index contributed by atoms with van der Waals surface area (Å²) in [4.78, 5) is 16.0. The van der Waals surface area contributed by atoms with Gasteiger partial charge in [-0.3, -0.25) is 9.78 Å². The monoisotopic (exact) mass is 350 g/mol. The molecule has 0 radical (unpaired) electrons. The van der Waals surface area contributed by atoms with Crippen LogP contribution in [0.5, 0.6) is 0 Å². The fourth-order valence-corrected chi connectivity index (χ4v) is 3.52. The molecule has 0 fully saturated rings. The van der Waals surface area contributed by atoms with Gasteiger partial charge in [-0.1, -0.05) is 25.1 Å². The number of benzene rings is 1. The summed E-state index contributed by atoms with van der Waals surface area (Å²) in [7, 11) is 0. The number of aromatic nitrogens is 2. The van der Waals surface area contributed by atoms with Crippen LogP contribution in [-0.2, 0) is 17.9 Å². The molecule has 1 amide bonds. The third-order valence-electron chi connectivity index (χ3n) is 4.90. The molecular weight excluding hydrogens is 324 g/mol. The molecule has 136 valence electrons. The number of carbonyl (C=O) groups is 1. The zero-order valence-corrected chi connectivity index (χ0v) is 15.6. The summed E-state index contributed by atoms with van der Waals surface area (Å²) >= 11 is 0. The van der Waals surface area contributed by atoms with Gasteiger partial charge in [0.1, 0.15) is 6.54 Å². The van der Waals surface area contributed by atoms with E-state index in [0.29, 0.717) is 6.54 Å². The average Bonchev–Trinajstić information content (AvgIpc) is 2.88. The van der Waals surface area contributed by atoms with Gasteiger partial charge < -0.3 is 15.6 Å². The van der Waals surface area contributed by atoms with Gasteiger partial charge in [0, 0.05) is 35.4 Å². The lowest BCUT2D eigenvalue weighted by atomic mass is 10.1. The van der Waals surface area contributed by atoms with E-state index in [1.807, 2.05) is 42.0 Å². The first-order chi connectivity index (χ1) is 12.5. The van der Waals surface area contributed by atoms with Crippen LogP contribution in [0.1, 0.15) is 41.9 Å². The van der Waals surface area contributed by atoms with Crippen molar-refractivity contribution in [1.29, 1.82) is 0 Å². The second-order valence-electron chi connectivity index (χ2n) is 6.73. The maximum atomic E-state index is 11.5. The molecular formula is C21H26N4O. The van der Waals surface area contributed by atoms with Gasteiger partial charge in [-0.15, -0.1) is 0 Å². The Morgan fingerprint density at radius 3 is 2.73 bits per heavy atom. The molecule has 1 aromatic carbocycles. The van der Waals surface area contributed by atoms with E-state index >= 15 is 0 Å². The Labute approximate surface area is 154 Å². The summed E-state index contributed by atoms with van der Waals surface area (Å²) < 4.78 is 2.00. The Bertz CT molecular complexity index is 929. The molecule has 2 heterocycles. The highest BCUT2D eigenvalue weighted by Gasteiger charge is 2.17. The summed E-state index contributed by atoms with van der Waals surface area (Å²) in [6, 6.07) is 12.5. The van der Waals surface area contributed by atoms with Crippen LogP contribution in [0.2, 0.25) is 0 Å². The number of nitrogens with one attached hydrogen (secondary N) is 1. The number of pyridine rings is 1. The van der Waals surface area contributed by atoms with Gasteiger partial charge in [-0.2, -0.15) is 0 Å². The number of aryl methyl sites for hydroxylation is 1. The summed E-state index contributed by atoms with van der Waals surface area (Å²) in [6.45, 7) is 7.20. The van der Waals surface area contributed by atoms with Gasteiger partial charge in [0.15, 0.2) is 0 Å². The van der Waals surface area contributed by atoms with Crippen molar-refractivity contribution in [3.63, 3.8) is 0 Å². The first-order valence-electron chi connectivity index (χ1n) is 9.02. The van der Waals surface area contributed by atoms with E-state index in [-0.39, 0.29) is 18.5 Å². The second kappa shape index (κ2) is 7.70. The first-order valence-corrected chi connectivity index (χ1v) is 9.02. The van der Waals surface area contributed by atoms with Gasteiger partial charge in [-0.05, 0) is 49.6 Å². The lowest BCUT2D eigenvalue weighted by molar-refractivity contribution is -0.118. The fourth-order valence-electron chi connectivity index (χ4n) is 3.52. The molecule has 3 N–H and O–H groups in total. The number of primary amides is 1. The largest absolute Gasteiger partial charge is 0.368 e. The Hall–Kier alpha value is -2.66. The minimum absolute atomic E-state index is 0.188. The number of carbonyl (C=O) groups excluding carboxylic acids is 1. The van der Waals surface area contributed by atoms with E-state index in [1.54, 1.807) is 0 Å². The molecule has 3 aromatic rings. The quantitative estimate of drug-likeness (QED) is 0.686. The number of nitrogens with two attached hydrogens (primary N) is 1. The van der Waals surface area contributed by atoms with E-state index in [2.05, 4.69) is 36.3 Å². The van der Waals surface area contributed by atoms with Gasteiger partial charge in [0.2, 0.25) is 5.91 Å². The predicted molar refractivity (Wildman–Crippen MR) is 105 cm³/mol. The van der Waals surface area contributed by atoms with Gasteiger partial charge in [-0.25, -0.2) is 0 Å². The molecule has 0 aliphatic heterocycles. The van der Waals surface area contributed by atoms with E-state index in [9.17, 15) is 4.79 Å². The molecule has 3 rings (SSSR count). The minimum atomic E-state index is -0.330. The van der Waals surface area contributed by atoms with Crippen LogP contribution in [0.4, 0.5) is 0 Å². The summed E-state index contributed by atoms with van der Waals surface area (Å²) in [5.74, 6) is -0.330. The molecule has 26 heavy (non-hydrogen) atoms. The van der Waals surface area contributed by atoms with Crippen molar-refractivity contribution < 1.29 is 4.79 Å². The smallest absolute Gasteiger partial charge is 0.237 e. The summed E-state index contributed by atoms with van der Waals surface area (Å²) in [5.41, 5.74) is 11.0. The molecule has 0 bridgehead atoms. The zero-order chi connectivity index (χ0) is 18.7. The molecule has 0 aliphatic carbocycles. The van der Waals surface area contributed by atoms with Crippen LogP contribution < -0.4 is 11.1 Å². The molecule has 1 unspecified atom stereocenters. The fraction of sp³-hybridized carbons (Fsp3) is 0.333. The Kier molecular flexibility index (Phi) is 5.38. The maximum Gasteiger partial charge on any atom is 0.237 e. The number of hydrogen-bond donors (Lipinski definition) is 2. The van der Waals surface area contributed by atoms with Crippen LogP contribution in [-0.4, -0.2) is 15.5 Å². The first kappa shape index (κ1) is 18.1. The van der Waals surface area contributed by atoms with Gasteiger partial charge >= 0.3 is 0 Å². The Morgan fingerprint density at radius 2 is 2.04 bits per heavy atom. The van der Waals surface area contributed by atoms with E-state index in [1.165, 1.54) is 11.1 Å². The summed E-state index contributed by atoms with van der Waals surface area (Å²) in [6.07, 6.45) is 2.81. The van der Waals surface area contributed by atoms with Crippen LogP contribution >= 0.6 is 0 Å². The van der Waals surface area contributed by atoms with E-state index in [0.717, 1.165) is 28.7 Å². The van der Waals surface area contributed by atoms with Crippen molar-refractivity contribution in [2.45, 2.75) is 46.3 Å². The Morgan fingerprint density at radius 1 is 1.27 bits per heavy atom. The summed E-state index contributed by atoms with van der Waals surface area (Å²) in [5, 5.41) is 4.79. The highest BCUT2D eigenvalue weighted by Crippen LogP contribution is 2.27. The normalized spacial score (nSPS) is 12.4. The molecule has 0 spiro atoms. The lowest BCUT2D eigenvalue weighted by Gasteiger charge is -2.17. The van der Waals surface area contributed by atoms with Crippen LogP contribution in [0.25, 0.3) is 10.9 Å². The van der Waals surface area contributed by atoms with Crippen LogP contribution in [0.3, 0.4) is 0 Å². The number of para-hydroxylation sites is 1. The molecule has 2 aromatic heterocycles. The Balaban J connectivity index is 1.91. The lowest BCUT2D eigenvalue weighted by Crippen LogP contribution is -2.22. The van der Waals surface area contributed by atoms with Crippen LogP contribution in [0, 0.1) is 13.8 Å². The number of fused-ring (bicyclic) bond motifs is 1. The standard InChI is InChI=1S/C21H26N4O/c1-4-18(19-11-14(2)9-10-23-19)24-12-17-15(3)25(13-21(22)26)20-8-6-5-7-16(17)20/h5-11,18,24H,4,12-13H2,1-3H3,(H2,22,26). The third kappa shape index (κ3) is 3.63. The average molecular weight is 350 g/mol. The zero-order valence-electron chi connectivity index (χ0n) is 15.6. The van der Waals surface area contributed by atoms with Crippen molar-refractivity contribution in [2.24, 2.45) is 5.73 Å². The van der Waals surface area contributed by atoms with Gasteiger partial charge in [0.25, 0.3) is 0 Å².